The highest BCUT2D eigenvalue weighted by Crippen LogP contribution is 2.23. The average molecular weight is 1250 g/mol. The molecule has 1 aliphatic rings. The molecule has 0 radical (unpaired) electrons. The number of aliphatic hydroxyl groups is 1. The third-order valence-electron chi connectivity index (χ3n) is 15.8. The van der Waals surface area contributed by atoms with Gasteiger partial charge in [0.1, 0.15) is 54.4 Å². The molecule has 1 fully saturated rings. The Morgan fingerprint density at radius 1 is 0.573 bits per heavy atom. The maximum absolute atomic E-state index is 14.6. The monoisotopic (exact) mass is 1250 g/mol. The molecule has 0 unspecified atom stereocenters. The molecule has 1 saturated heterocycles. The number of carbonyl (C=O) groups excluding carboxylic acids is 9. The van der Waals surface area contributed by atoms with Crippen molar-refractivity contribution in [2.24, 2.45) is 23.5 Å². The zero-order valence-electron chi connectivity index (χ0n) is 50.5. The maximum atomic E-state index is 14.6. The summed E-state index contributed by atoms with van der Waals surface area (Å²) in [6.07, 6.45) is 3.19. The molecule has 5 aromatic rings. The third kappa shape index (κ3) is 18.6. The van der Waals surface area contributed by atoms with Gasteiger partial charge in [-0.1, -0.05) is 115 Å². The fourth-order valence-electron chi connectivity index (χ4n) is 10.5. The van der Waals surface area contributed by atoms with Crippen LogP contribution in [-0.2, 0) is 72.0 Å². The van der Waals surface area contributed by atoms with Crippen molar-refractivity contribution in [3.05, 3.63) is 108 Å². The number of aromatic nitrogens is 2. The number of amides is 9. The minimum Gasteiger partial charge on any atom is -0.481 e. The van der Waals surface area contributed by atoms with Crippen molar-refractivity contribution in [3.63, 3.8) is 0 Å². The summed E-state index contributed by atoms with van der Waals surface area (Å²) < 4.78 is 0. The van der Waals surface area contributed by atoms with Gasteiger partial charge in [0.2, 0.25) is 53.2 Å². The number of H-pyrrole nitrogens is 2. The molecule has 0 aliphatic carbocycles. The van der Waals surface area contributed by atoms with E-state index in [1.165, 1.54) is 4.90 Å². The number of thiol groups is 1. The van der Waals surface area contributed by atoms with Gasteiger partial charge in [0, 0.05) is 59.3 Å². The van der Waals surface area contributed by atoms with Crippen LogP contribution in [0.4, 0.5) is 0 Å². The van der Waals surface area contributed by atoms with Crippen LogP contribution in [0.2, 0.25) is 0 Å². The van der Waals surface area contributed by atoms with Gasteiger partial charge in [-0.2, -0.15) is 12.6 Å². The van der Waals surface area contributed by atoms with Crippen molar-refractivity contribution in [1.29, 1.82) is 0 Å². The molecule has 0 saturated carbocycles. The number of nitrogens with one attached hydrogen (secondary N) is 10. The van der Waals surface area contributed by atoms with Crippen LogP contribution in [0.3, 0.4) is 0 Å². The van der Waals surface area contributed by atoms with Gasteiger partial charge >= 0.3 is 11.9 Å². The lowest BCUT2D eigenvalue weighted by molar-refractivity contribution is -0.143. The number of nitrogens with two attached hydrogens (primary N) is 1. The second kappa shape index (κ2) is 32.4. The van der Waals surface area contributed by atoms with Crippen LogP contribution in [0.1, 0.15) is 83.9 Å². The highest BCUT2D eigenvalue weighted by molar-refractivity contribution is 7.80. The summed E-state index contributed by atoms with van der Waals surface area (Å²) in [5.74, 6) is -12.6. The number of carbonyl (C=O) groups is 11. The second-order valence-corrected chi connectivity index (χ2v) is 23.4. The number of aromatic amines is 2. The molecular formula is C62H82N12O14S. The number of carboxylic acid groups (broad SMARTS) is 2. The molecule has 11 atom stereocenters. The molecule has 6 rings (SSSR count). The highest BCUT2D eigenvalue weighted by atomic mass is 32.1. The van der Waals surface area contributed by atoms with Crippen molar-refractivity contribution in [2.75, 3.05) is 18.9 Å². The van der Waals surface area contributed by atoms with Crippen LogP contribution in [-0.4, -0.2) is 175 Å². The number of carboxylic acids is 2. The van der Waals surface area contributed by atoms with Gasteiger partial charge in [0.05, 0.1) is 19.1 Å². The first kappa shape index (κ1) is 69.3. The van der Waals surface area contributed by atoms with Gasteiger partial charge in [0.15, 0.2) is 0 Å². The van der Waals surface area contributed by atoms with Gasteiger partial charge < -0.3 is 78.5 Å². The molecule has 3 aromatic carbocycles. The van der Waals surface area contributed by atoms with Gasteiger partial charge in [-0.3, -0.25) is 47.9 Å². The van der Waals surface area contributed by atoms with E-state index >= 15 is 0 Å². The summed E-state index contributed by atoms with van der Waals surface area (Å²) in [5.41, 5.74) is 9.90. The summed E-state index contributed by atoms with van der Waals surface area (Å²) in [7, 11) is 0. The summed E-state index contributed by atoms with van der Waals surface area (Å²) in [6.45, 7) is 8.92. The van der Waals surface area contributed by atoms with E-state index in [1.54, 1.807) is 84.3 Å². The lowest BCUT2D eigenvalue weighted by Gasteiger charge is -2.32. The molecule has 0 bridgehead atoms. The van der Waals surface area contributed by atoms with Crippen LogP contribution >= 0.6 is 12.6 Å². The van der Waals surface area contributed by atoms with Crippen LogP contribution in [0.15, 0.2) is 91.3 Å². The summed E-state index contributed by atoms with van der Waals surface area (Å²) in [4.78, 5) is 158. The first-order valence-electron chi connectivity index (χ1n) is 29.6. The fraction of sp³-hybridized carbons (Fsp3) is 0.468. The normalized spacial score (nSPS) is 16.5. The molecule has 27 heteroatoms. The molecule has 0 spiro atoms. The van der Waals surface area contributed by atoms with Crippen LogP contribution in [0, 0.1) is 17.8 Å². The summed E-state index contributed by atoms with van der Waals surface area (Å²) >= 11 is 4.29. The Balaban J connectivity index is 1.12. The topological polar surface area (TPSA) is 406 Å². The molecule has 3 heterocycles. The Morgan fingerprint density at radius 3 is 1.62 bits per heavy atom. The maximum Gasteiger partial charge on any atom is 0.326 e. The standard InChI is InChI=1S/C62H82N12O14S/c1-7-34(6)52(60(85)67-43(24-35-16-9-8-10-17-35)54(79)66-44(56(81)72-51(33(4)5)62(87)88)26-37-29-65-42-21-14-12-19-39(37)42)73-58(83)48-22-15-23-74(48)61(86)47(31-89)70-57(82)46(30-75)69-55(80)45(27-49(76)77)68-59(84)50(32(2)3)71-53(78)40(63)25-36-28-64-41-20-13-11-18-38(36)41/h8-14,16-21,28-29,32-34,40,43-48,50-52,64-65,75,89H,7,15,22-27,30-31,63H2,1-6H3,(H,66,79)(H,67,85)(H,68,84)(H,69,80)(H,70,82)(H,71,78)(H,72,81)(H,73,83)(H,76,77)(H,87,88)/t34-,40-,43-,44-,45-,46-,47-,48-,50-,51-,52-/m0/s1. The lowest BCUT2D eigenvalue weighted by Crippen LogP contribution is -2.62. The van der Waals surface area contributed by atoms with E-state index in [-0.39, 0.29) is 38.0 Å². The van der Waals surface area contributed by atoms with Gasteiger partial charge in [-0.25, -0.2) is 4.79 Å². The predicted octanol–water partition coefficient (Wildman–Crippen LogP) is 0.713. The molecule has 89 heavy (non-hydrogen) atoms. The zero-order chi connectivity index (χ0) is 65.2. The predicted molar refractivity (Wildman–Crippen MR) is 332 cm³/mol. The van der Waals surface area contributed by atoms with Crippen molar-refractivity contribution < 1.29 is 68.1 Å². The SMILES string of the molecule is CC[C@H](C)[C@H](NC(=O)[C@@H]1CCCN1C(=O)[C@H](CS)NC(=O)[C@H](CO)NC(=O)[C@H](CC(=O)O)NC(=O)[C@@H](NC(=O)[C@@H](N)Cc1c[nH]c2ccccc12)C(C)C)C(=O)N[C@@H](Cc1ccccc1)C(=O)N[C@@H](Cc1c[nH]c2ccccc12)C(=O)N[C@H](C(=O)O)C(C)C. The van der Waals surface area contributed by atoms with Crippen LogP contribution in [0.5, 0.6) is 0 Å². The lowest BCUT2D eigenvalue weighted by atomic mass is 9.96. The number of para-hydroxylation sites is 2. The van der Waals surface area contributed by atoms with Crippen LogP contribution in [0.25, 0.3) is 21.8 Å². The summed E-state index contributed by atoms with van der Waals surface area (Å²) in [6, 6.07) is 9.44. The van der Waals surface area contributed by atoms with Crippen molar-refractivity contribution in [1.82, 2.24) is 57.4 Å². The van der Waals surface area contributed by atoms with Crippen molar-refractivity contribution >= 4 is 99.5 Å². The number of likely N-dealkylation sites (tertiary alicyclic amines) is 1. The number of aliphatic carboxylic acids is 2. The molecule has 15 N–H and O–H groups in total. The largest absolute Gasteiger partial charge is 0.481 e. The van der Waals surface area contributed by atoms with Crippen molar-refractivity contribution in [3.8, 4) is 0 Å². The minimum absolute atomic E-state index is 0.0266. The molecule has 26 nitrogen and oxygen atoms in total. The molecule has 2 aromatic heterocycles. The number of fused-ring (bicyclic) bond motifs is 2. The molecule has 9 amide bonds. The van der Waals surface area contributed by atoms with E-state index in [1.807, 2.05) is 48.5 Å². The van der Waals surface area contributed by atoms with Crippen LogP contribution < -0.4 is 48.3 Å². The number of benzene rings is 3. The van der Waals surface area contributed by atoms with Crippen molar-refractivity contribution in [2.45, 2.75) is 147 Å². The molecule has 1 aliphatic heterocycles. The van der Waals surface area contributed by atoms with E-state index in [4.69, 9.17) is 5.73 Å². The van der Waals surface area contributed by atoms with Gasteiger partial charge in [0.25, 0.3) is 0 Å². The number of aliphatic hydroxyl groups excluding tert-OH is 1. The zero-order valence-corrected chi connectivity index (χ0v) is 51.4. The van der Waals surface area contributed by atoms with Gasteiger partial charge in [-0.15, -0.1) is 0 Å². The first-order valence-corrected chi connectivity index (χ1v) is 30.3. The third-order valence-corrected chi connectivity index (χ3v) is 16.2. The fourth-order valence-corrected chi connectivity index (χ4v) is 10.8. The Labute approximate surface area is 520 Å². The Kier molecular flexibility index (Phi) is 25.2. The van der Waals surface area contributed by atoms with E-state index in [0.29, 0.717) is 24.0 Å². The van der Waals surface area contributed by atoms with E-state index in [2.05, 4.69) is 65.1 Å². The number of hydrogen-bond acceptors (Lipinski definition) is 14. The molecule has 480 valence electrons. The number of nitrogens with zero attached hydrogens (tertiary/aromatic N) is 1. The van der Waals surface area contributed by atoms with E-state index in [9.17, 15) is 68.1 Å². The first-order chi connectivity index (χ1) is 42.3. The van der Waals surface area contributed by atoms with E-state index < -0.39 is 156 Å². The number of rotatable bonds is 32. The Bertz CT molecular complexity index is 3340. The quantitative estimate of drug-likeness (QED) is 0.0264. The van der Waals surface area contributed by atoms with Gasteiger partial charge in [-0.05, 0) is 65.8 Å². The number of hydrogen-bond donors (Lipinski definition) is 15. The average Bonchev–Trinajstić information content (AvgIpc) is 4.52. The minimum atomic E-state index is -1.84. The highest BCUT2D eigenvalue weighted by Gasteiger charge is 2.41. The Hall–Kier alpha value is -8.82. The smallest absolute Gasteiger partial charge is 0.326 e. The second-order valence-electron chi connectivity index (χ2n) is 23.1. The van der Waals surface area contributed by atoms with E-state index in [0.717, 1.165) is 27.4 Å². The Morgan fingerprint density at radius 2 is 1.06 bits per heavy atom. The summed E-state index contributed by atoms with van der Waals surface area (Å²) in [5, 5.41) is 52.2. The molecular weight excluding hydrogens is 1170 g/mol.